The van der Waals surface area contributed by atoms with Crippen LogP contribution in [0.25, 0.3) is 0 Å². The van der Waals surface area contributed by atoms with Crippen LogP contribution in [-0.4, -0.2) is 55.6 Å². The van der Waals surface area contributed by atoms with Crippen LogP contribution in [-0.2, 0) is 37.4 Å². The van der Waals surface area contributed by atoms with E-state index in [1.807, 2.05) is 54.6 Å². The fourth-order valence-corrected chi connectivity index (χ4v) is 5.71. The smallest absolute Gasteiger partial charge is 0.321 e. The number of sulfonamides is 1. The first-order valence-electron chi connectivity index (χ1n) is 13.5. The summed E-state index contributed by atoms with van der Waals surface area (Å²) in [5.41, 5.74) is 1.56. The molecule has 3 atom stereocenters. The Kier molecular flexibility index (Phi) is 10.2. The van der Waals surface area contributed by atoms with Crippen molar-refractivity contribution in [3.8, 4) is 5.75 Å². The van der Waals surface area contributed by atoms with Crippen LogP contribution >= 0.6 is 0 Å². The molecule has 0 amide bonds. The van der Waals surface area contributed by atoms with Gasteiger partial charge in [-0.15, -0.1) is 0 Å². The van der Waals surface area contributed by atoms with E-state index in [4.69, 9.17) is 14.9 Å². The third kappa shape index (κ3) is 8.11. The van der Waals surface area contributed by atoms with E-state index >= 15 is 0 Å². The van der Waals surface area contributed by atoms with Gasteiger partial charge < -0.3 is 20.0 Å². The zero-order chi connectivity index (χ0) is 30.1. The van der Waals surface area contributed by atoms with Gasteiger partial charge in [-0.2, -0.15) is 4.72 Å². The molecule has 1 aliphatic heterocycles. The molecule has 3 N–H and O–H groups in total. The van der Waals surface area contributed by atoms with E-state index in [0.29, 0.717) is 13.0 Å². The number of carbonyl (C=O) groups excluding carboxylic acids is 1. The first-order valence-corrected chi connectivity index (χ1v) is 15.0. The number of aliphatic imine (C=N–C) groups is 1. The summed E-state index contributed by atoms with van der Waals surface area (Å²) in [7, 11) is -4.06. The van der Waals surface area contributed by atoms with Crippen molar-refractivity contribution in [2.75, 3.05) is 6.54 Å². The average Bonchev–Trinajstić information content (AvgIpc) is 3.45. The number of ketones is 1. The normalized spacial score (nSPS) is 16.1. The summed E-state index contributed by atoms with van der Waals surface area (Å²) in [6, 6.07) is 22.9. The van der Waals surface area contributed by atoms with Crippen molar-refractivity contribution in [1.82, 2.24) is 4.72 Å². The molecule has 0 bridgehead atoms. The summed E-state index contributed by atoms with van der Waals surface area (Å²) < 4.78 is 39.1. The van der Waals surface area contributed by atoms with Gasteiger partial charge in [0, 0.05) is 12.8 Å². The molecule has 0 saturated heterocycles. The number of carboxylic acid groups (broad SMARTS) is 1. The molecule has 0 fully saturated rings. The lowest BCUT2D eigenvalue weighted by molar-refractivity contribution is -0.139. The van der Waals surface area contributed by atoms with E-state index in [1.165, 1.54) is 12.1 Å². The second-order valence-electron chi connectivity index (χ2n) is 9.87. The van der Waals surface area contributed by atoms with Crippen LogP contribution in [0.2, 0.25) is 0 Å². The summed E-state index contributed by atoms with van der Waals surface area (Å²) in [6.45, 7) is 2.29. The van der Waals surface area contributed by atoms with Crippen LogP contribution in [0, 0.1) is 11.3 Å². The molecule has 3 unspecified atom stereocenters. The van der Waals surface area contributed by atoms with E-state index in [9.17, 15) is 23.1 Å². The number of nitrogens with one attached hydrogen (secondary N) is 2. The number of rotatable bonds is 15. The van der Waals surface area contributed by atoms with Crippen LogP contribution in [0.5, 0.6) is 5.75 Å². The maximum absolute atomic E-state index is 13.0. The minimum atomic E-state index is -4.06. The Morgan fingerprint density at radius 2 is 1.64 bits per heavy atom. The van der Waals surface area contributed by atoms with Crippen molar-refractivity contribution in [3.63, 3.8) is 0 Å². The Hall–Kier alpha value is -4.35. The highest BCUT2D eigenvalue weighted by atomic mass is 32.2. The van der Waals surface area contributed by atoms with Crippen molar-refractivity contribution in [1.29, 1.82) is 5.41 Å². The zero-order valence-electron chi connectivity index (χ0n) is 23.1. The number of benzene rings is 3. The number of hydrogen-bond donors (Lipinski definition) is 3. The quantitative estimate of drug-likeness (QED) is 0.225. The van der Waals surface area contributed by atoms with Crippen molar-refractivity contribution in [2.45, 2.75) is 49.8 Å². The molecule has 0 aromatic heterocycles. The number of Topliss-reactive ketones (excluding diaryl/α,β-unsaturated/α-hetero) is 1. The first-order chi connectivity index (χ1) is 20.2. The number of carbonyl (C=O) groups is 2. The molecule has 220 valence electrons. The maximum Gasteiger partial charge on any atom is 0.321 e. The molecule has 1 heterocycles. The molecule has 10 nitrogen and oxygen atoms in total. The minimum absolute atomic E-state index is 0.0359. The highest BCUT2D eigenvalue weighted by Gasteiger charge is 2.35. The second-order valence-corrected chi connectivity index (χ2v) is 11.6. The minimum Gasteiger partial charge on any atom is -0.489 e. The second kappa shape index (κ2) is 14.0. The molecule has 3 aromatic rings. The van der Waals surface area contributed by atoms with Gasteiger partial charge in [0.2, 0.25) is 10.0 Å². The van der Waals surface area contributed by atoms with Crippen LogP contribution in [0.15, 0.2) is 94.8 Å². The number of aliphatic carboxylic acids is 1. The fraction of sp³-hybridized carbons (Fsp3) is 0.290. The largest absolute Gasteiger partial charge is 0.489 e. The van der Waals surface area contributed by atoms with E-state index in [2.05, 4.69) is 9.71 Å². The molecule has 1 aliphatic rings. The van der Waals surface area contributed by atoms with Gasteiger partial charge in [0.05, 0.1) is 23.1 Å². The van der Waals surface area contributed by atoms with Gasteiger partial charge >= 0.3 is 5.97 Å². The Labute approximate surface area is 245 Å². The van der Waals surface area contributed by atoms with E-state index < -0.39 is 34.1 Å². The molecular weight excluding hydrogens is 558 g/mol. The summed E-state index contributed by atoms with van der Waals surface area (Å²) in [6.07, 6.45) is -0.475. The number of ether oxygens (including phenoxy) is 2. The molecule has 0 radical (unpaired) electrons. The lowest BCUT2D eigenvalue weighted by atomic mass is 9.93. The van der Waals surface area contributed by atoms with Gasteiger partial charge in [-0.25, -0.2) is 8.42 Å². The summed E-state index contributed by atoms with van der Waals surface area (Å²) >= 11 is 0. The Bertz CT molecular complexity index is 1530. The Morgan fingerprint density at radius 1 is 1.02 bits per heavy atom. The van der Waals surface area contributed by atoms with Gasteiger partial charge in [0.15, 0.2) is 11.7 Å². The number of para-hydroxylation sites is 1. The molecule has 0 saturated carbocycles. The number of carboxylic acids is 1. The Balaban J connectivity index is 1.31. The third-order valence-electron chi connectivity index (χ3n) is 6.78. The predicted molar refractivity (Wildman–Crippen MR) is 157 cm³/mol. The molecule has 4 rings (SSSR count). The Morgan fingerprint density at radius 3 is 2.26 bits per heavy atom. The molecule has 11 heteroatoms. The molecule has 3 aromatic carbocycles. The zero-order valence-corrected chi connectivity index (χ0v) is 23.9. The van der Waals surface area contributed by atoms with Crippen molar-refractivity contribution < 1.29 is 32.6 Å². The summed E-state index contributed by atoms with van der Waals surface area (Å²) in [4.78, 5) is 29.1. The highest BCUT2D eigenvalue weighted by Crippen LogP contribution is 2.21. The van der Waals surface area contributed by atoms with E-state index in [1.54, 1.807) is 25.1 Å². The lowest BCUT2D eigenvalue weighted by Crippen LogP contribution is -2.43. The highest BCUT2D eigenvalue weighted by molar-refractivity contribution is 7.89. The van der Waals surface area contributed by atoms with Crippen LogP contribution < -0.4 is 9.46 Å². The molecular formula is C31H33N3O7S. The van der Waals surface area contributed by atoms with Crippen LogP contribution in [0.3, 0.4) is 0 Å². The average molecular weight is 592 g/mol. The van der Waals surface area contributed by atoms with Crippen molar-refractivity contribution in [2.24, 2.45) is 10.9 Å². The summed E-state index contributed by atoms with van der Waals surface area (Å²) in [5.74, 6) is -1.46. The SMILES string of the molecule is CCC(C(=N)C(=O)Cc1ccc(COc2ccccc2)cc1)C1=NCC(CC(NS(=O)(=O)c2ccccc2)C(=O)O)O1. The predicted octanol–water partition coefficient (Wildman–Crippen LogP) is 4.04. The van der Waals surface area contributed by atoms with Gasteiger partial charge in [-0.1, -0.05) is 67.6 Å². The number of hydrogen-bond acceptors (Lipinski definition) is 8. The van der Waals surface area contributed by atoms with E-state index in [0.717, 1.165) is 16.9 Å². The molecule has 0 aliphatic carbocycles. The molecule has 0 spiro atoms. The number of nitrogens with zero attached hydrogens (tertiary/aromatic N) is 1. The lowest BCUT2D eigenvalue weighted by Gasteiger charge is -2.21. The van der Waals surface area contributed by atoms with Crippen molar-refractivity contribution in [3.05, 3.63) is 96.1 Å². The fourth-order valence-electron chi connectivity index (χ4n) is 4.48. The molecule has 42 heavy (non-hydrogen) atoms. The van der Waals surface area contributed by atoms with Crippen LogP contribution in [0.1, 0.15) is 30.9 Å². The van der Waals surface area contributed by atoms with Crippen molar-refractivity contribution >= 4 is 33.4 Å². The monoisotopic (exact) mass is 591 g/mol. The standard InChI is InChI=1S/C31H33N3O7S/c1-2-26(29(32)28(35)17-21-13-15-22(16-14-21)20-40-23-9-5-3-6-10-23)30-33-19-24(41-30)18-27(31(36)37)34-42(38,39)25-11-7-4-8-12-25/h3-16,24,26-27,32,34H,2,17-20H2,1H3,(H,36,37). The third-order valence-corrected chi connectivity index (χ3v) is 8.26. The summed E-state index contributed by atoms with van der Waals surface area (Å²) in [5, 5.41) is 18.2. The topological polar surface area (TPSA) is 155 Å². The van der Waals surface area contributed by atoms with Gasteiger partial charge in [0.25, 0.3) is 0 Å². The van der Waals surface area contributed by atoms with Gasteiger partial charge in [0.1, 0.15) is 24.5 Å². The maximum atomic E-state index is 13.0. The van der Waals surface area contributed by atoms with Gasteiger partial charge in [-0.05, 0) is 41.8 Å². The van der Waals surface area contributed by atoms with Gasteiger partial charge in [-0.3, -0.25) is 14.6 Å². The first kappa shape index (κ1) is 30.6. The van der Waals surface area contributed by atoms with Crippen LogP contribution in [0.4, 0.5) is 0 Å². The van der Waals surface area contributed by atoms with E-state index in [-0.39, 0.29) is 41.7 Å².